The van der Waals surface area contributed by atoms with Crippen molar-refractivity contribution < 1.29 is 13.9 Å². The van der Waals surface area contributed by atoms with E-state index >= 15 is 0 Å². The fourth-order valence-corrected chi connectivity index (χ4v) is 2.28. The zero-order valence-electron chi connectivity index (χ0n) is 10.9. The molecule has 2 aromatic carbocycles. The van der Waals surface area contributed by atoms with Crippen molar-refractivity contribution in [3.63, 3.8) is 0 Å². The first-order valence-corrected chi connectivity index (χ1v) is 6.43. The van der Waals surface area contributed by atoms with Crippen LogP contribution in [0.2, 0.25) is 5.02 Å². The van der Waals surface area contributed by atoms with E-state index in [1.807, 2.05) is 6.07 Å². The molecule has 0 heterocycles. The van der Waals surface area contributed by atoms with Gasteiger partial charge in [-0.25, -0.2) is 8.78 Å². The smallest absolute Gasteiger partial charge is 0.149 e. The molecule has 20 heavy (non-hydrogen) atoms. The highest BCUT2D eigenvalue weighted by Gasteiger charge is 2.15. The molecule has 2 aromatic rings. The Morgan fingerprint density at radius 2 is 1.75 bits per heavy atom. The molecule has 0 fully saturated rings. The van der Waals surface area contributed by atoms with E-state index in [2.05, 4.69) is 0 Å². The number of hydrogen-bond acceptors (Lipinski definition) is 2. The van der Waals surface area contributed by atoms with Gasteiger partial charge in [0.05, 0.1) is 6.61 Å². The van der Waals surface area contributed by atoms with Crippen molar-refractivity contribution in [1.82, 2.24) is 0 Å². The second-order valence-corrected chi connectivity index (χ2v) is 4.99. The lowest BCUT2D eigenvalue weighted by molar-refractivity contribution is 0.280. The minimum Gasteiger partial charge on any atom is -0.392 e. The summed E-state index contributed by atoms with van der Waals surface area (Å²) in [5, 5.41) is 9.50. The van der Waals surface area contributed by atoms with Crippen LogP contribution in [0.4, 0.5) is 14.5 Å². The zero-order chi connectivity index (χ0) is 14.7. The number of hydrogen-bond donors (Lipinski definition) is 1. The van der Waals surface area contributed by atoms with Gasteiger partial charge in [0.1, 0.15) is 17.3 Å². The SMILES string of the molecule is CN(Cc1cccc(Cl)c1)c1c(F)cc(CO)cc1F. The molecular weight excluding hydrogens is 284 g/mol. The molecule has 5 heteroatoms. The Kier molecular flexibility index (Phi) is 4.57. The maximum atomic E-state index is 13.9. The number of benzene rings is 2. The minimum atomic E-state index is -0.696. The molecule has 0 saturated heterocycles. The van der Waals surface area contributed by atoms with Crippen LogP contribution in [-0.2, 0) is 13.2 Å². The number of aliphatic hydroxyl groups excluding tert-OH is 1. The monoisotopic (exact) mass is 297 g/mol. The summed E-state index contributed by atoms with van der Waals surface area (Å²) < 4.78 is 27.8. The van der Waals surface area contributed by atoms with Crippen LogP contribution in [0, 0.1) is 11.6 Å². The van der Waals surface area contributed by atoms with E-state index < -0.39 is 18.2 Å². The highest BCUT2D eigenvalue weighted by atomic mass is 35.5. The molecule has 0 spiro atoms. The highest BCUT2D eigenvalue weighted by molar-refractivity contribution is 6.30. The van der Waals surface area contributed by atoms with Gasteiger partial charge in [-0.1, -0.05) is 23.7 Å². The fourth-order valence-electron chi connectivity index (χ4n) is 2.06. The highest BCUT2D eigenvalue weighted by Crippen LogP contribution is 2.26. The fraction of sp³-hybridized carbons (Fsp3) is 0.200. The van der Waals surface area contributed by atoms with Gasteiger partial charge < -0.3 is 10.0 Å². The van der Waals surface area contributed by atoms with Crippen LogP contribution in [0.25, 0.3) is 0 Å². The van der Waals surface area contributed by atoms with Crippen molar-refractivity contribution in [2.75, 3.05) is 11.9 Å². The van der Waals surface area contributed by atoms with Gasteiger partial charge in [-0.2, -0.15) is 0 Å². The summed E-state index contributed by atoms with van der Waals surface area (Å²) >= 11 is 5.88. The first kappa shape index (κ1) is 14.8. The van der Waals surface area contributed by atoms with E-state index in [1.165, 1.54) is 4.90 Å². The van der Waals surface area contributed by atoms with Gasteiger partial charge in [0.25, 0.3) is 0 Å². The molecule has 0 aliphatic carbocycles. The third-order valence-corrected chi connectivity index (χ3v) is 3.18. The van der Waals surface area contributed by atoms with Gasteiger partial charge in [0.2, 0.25) is 0 Å². The molecule has 0 aromatic heterocycles. The van der Waals surface area contributed by atoms with Gasteiger partial charge in [-0.3, -0.25) is 0 Å². The van der Waals surface area contributed by atoms with Crippen LogP contribution in [0.3, 0.4) is 0 Å². The zero-order valence-corrected chi connectivity index (χ0v) is 11.7. The Morgan fingerprint density at radius 3 is 2.30 bits per heavy atom. The second kappa shape index (κ2) is 6.20. The lowest BCUT2D eigenvalue weighted by atomic mass is 10.1. The number of nitrogens with zero attached hydrogens (tertiary/aromatic N) is 1. The van der Waals surface area contributed by atoms with E-state index in [4.69, 9.17) is 16.7 Å². The maximum absolute atomic E-state index is 13.9. The maximum Gasteiger partial charge on any atom is 0.149 e. The van der Waals surface area contributed by atoms with Crippen molar-refractivity contribution in [2.24, 2.45) is 0 Å². The van der Waals surface area contributed by atoms with Gasteiger partial charge >= 0.3 is 0 Å². The minimum absolute atomic E-state index is 0.123. The molecule has 2 rings (SSSR count). The van der Waals surface area contributed by atoms with Gasteiger partial charge in [-0.05, 0) is 35.4 Å². The normalized spacial score (nSPS) is 10.7. The second-order valence-electron chi connectivity index (χ2n) is 4.55. The standard InChI is InChI=1S/C15H14ClF2NO/c1-19(8-10-3-2-4-12(16)5-10)15-13(17)6-11(9-20)7-14(15)18/h2-7,20H,8-9H2,1H3. The first-order valence-electron chi connectivity index (χ1n) is 6.05. The van der Waals surface area contributed by atoms with Gasteiger partial charge in [0, 0.05) is 18.6 Å². The molecule has 0 radical (unpaired) electrons. The summed E-state index contributed by atoms with van der Waals surface area (Å²) in [5.74, 6) is -1.39. The van der Waals surface area contributed by atoms with E-state index in [1.54, 1.807) is 25.2 Å². The van der Waals surface area contributed by atoms with Crippen LogP contribution in [0.5, 0.6) is 0 Å². The Hall–Kier alpha value is -1.65. The Balaban J connectivity index is 2.27. The predicted molar refractivity (Wildman–Crippen MR) is 75.8 cm³/mol. The number of aliphatic hydroxyl groups is 1. The van der Waals surface area contributed by atoms with Crippen molar-refractivity contribution in [3.05, 3.63) is 64.2 Å². The van der Waals surface area contributed by atoms with Crippen LogP contribution < -0.4 is 4.90 Å². The summed E-state index contributed by atoms with van der Waals surface area (Å²) in [6, 6.07) is 9.37. The molecule has 0 aliphatic rings. The van der Waals surface area contributed by atoms with E-state index in [0.29, 0.717) is 11.6 Å². The largest absolute Gasteiger partial charge is 0.392 e. The number of rotatable bonds is 4. The lowest BCUT2D eigenvalue weighted by Crippen LogP contribution is -2.19. The summed E-state index contributed by atoms with van der Waals surface area (Å²) in [7, 11) is 1.60. The van der Waals surface area contributed by atoms with Crippen LogP contribution in [0.15, 0.2) is 36.4 Å². The van der Waals surface area contributed by atoms with Crippen LogP contribution >= 0.6 is 11.6 Å². The van der Waals surface area contributed by atoms with Gasteiger partial charge in [-0.15, -0.1) is 0 Å². The third kappa shape index (κ3) is 3.26. The Bertz CT molecular complexity index is 596. The molecule has 0 unspecified atom stereocenters. The van der Waals surface area contributed by atoms with E-state index in [9.17, 15) is 8.78 Å². The average molecular weight is 298 g/mol. The van der Waals surface area contributed by atoms with Crippen molar-refractivity contribution in [3.8, 4) is 0 Å². The first-order chi connectivity index (χ1) is 9.51. The molecule has 0 saturated carbocycles. The van der Waals surface area contributed by atoms with E-state index in [-0.39, 0.29) is 11.3 Å². The summed E-state index contributed by atoms with van der Waals surface area (Å²) in [4.78, 5) is 1.47. The molecule has 0 atom stereocenters. The third-order valence-electron chi connectivity index (χ3n) is 2.95. The molecule has 106 valence electrons. The van der Waals surface area contributed by atoms with Crippen molar-refractivity contribution in [2.45, 2.75) is 13.2 Å². The van der Waals surface area contributed by atoms with E-state index in [0.717, 1.165) is 17.7 Å². The quantitative estimate of drug-likeness (QED) is 0.929. The van der Waals surface area contributed by atoms with Crippen molar-refractivity contribution in [1.29, 1.82) is 0 Å². The Morgan fingerprint density at radius 1 is 1.10 bits per heavy atom. The van der Waals surface area contributed by atoms with Crippen LogP contribution in [0.1, 0.15) is 11.1 Å². The number of halogens is 3. The molecular formula is C15H14ClF2NO. The van der Waals surface area contributed by atoms with Crippen molar-refractivity contribution >= 4 is 17.3 Å². The summed E-state index contributed by atoms with van der Waals surface area (Å²) in [5.41, 5.74) is 0.937. The number of anilines is 1. The average Bonchev–Trinajstić information content (AvgIpc) is 2.37. The topological polar surface area (TPSA) is 23.5 Å². The molecule has 1 N–H and O–H groups in total. The summed E-state index contributed by atoms with van der Waals surface area (Å²) in [6.07, 6.45) is 0. The molecule has 0 bridgehead atoms. The molecule has 2 nitrogen and oxygen atoms in total. The molecule has 0 amide bonds. The lowest BCUT2D eigenvalue weighted by Gasteiger charge is -2.21. The Labute approximate surface area is 121 Å². The predicted octanol–water partition coefficient (Wildman–Crippen LogP) is 3.75. The van der Waals surface area contributed by atoms with Gasteiger partial charge in [0.15, 0.2) is 0 Å². The molecule has 0 aliphatic heterocycles. The summed E-state index contributed by atoms with van der Waals surface area (Å²) in [6.45, 7) is -0.0704. The van der Waals surface area contributed by atoms with Crippen LogP contribution in [-0.4, -0.2) is 12.2 Å².